The van der Waals surface area contributed by atoms with Gasteiger partial charge < -0.3 is 15.2 Å². The predicted octanol–water partition coefficient (Wildman–Crippen LogP) is 2.87. The molecule has 22 heavy (non-hydrogen) atoms. The zero-order chi connectivity index (χ0) is 16.3. The van der Waals surface area contributed by atoms with Gasteiger partial charge in [-0.2, -0.15) is 0 Å². The number of carboxylic acid groups (broad SMARTS) is 1. The average molecular weight is 326 g/mol. The third-order valence-corrected chi connectivity index (χ3v) is 4.10. The summed E-state index contributed by atoms with van der Waals surface area (Å²) in [5, 5.41) is 12.5. The summed E-state index contributed by atoms with van der Waals surface area (Å²) in [6.07, 6.45) is 1.75. The number of carbonyl (C=O) groups excluding carboxylic acids is 1. The van der Waals surface area contributed by atoms with Gasteiger partial charge in [-0.05, 0) is 57.4 Å². The minimum Gasteiger partial charge on any atom is -0.481 e. The van der Waals surface area contributed by atoms with Crippen LogP contribution in [0.5, 0.6) is 5.75 Å². The van der Waals surface area contributed by atoms with E-state index in [0.29, 0.717) is 30.0 Å². The second kappa shape index (κ2) is 6.57. The van der Waals surface area contributed by atoms with Crippen LogP contribution in [0.3, 0.4) is 0 Å². The van der Waals surface area contributed by atoms with Gasteiger partial charge in [-0.1, -0.05) is 11.6 Å². The molecule has 2 rings (SSSR count). The van der Waals surface area contributed by atoms with E-state index in [4.69, 9.17) is 21.4 Å². The molecule has 6 heteroatoms. The van der Waals surface area contributed by atoms with Gasteiger partial charge in [-0.15, -0.1) is 0 Å². The van der Waals surface area contributed by atoms with Crippen molar-refractivity contribution in [2.24, 2.45) is 5.92 Å². The second-order valence-corrected chi connectivity index (χ2v) is 6.52. The van der Waals surface area contributed by atoms with Crippen molar-refractivity contribution in [3.05, 3.63) is 29.3 Å². The highest BCUT2D eigenvalue weighted by atomic mass is 35.5. The number of nitrogens with one attached hydrogen (secondary N) is 1. The Balaban J connectivity index is 1.93. The highest BCUT2D eigenvalue weighted by Crippen LogP contribution is 2.27. The third kappa shape index (κ3) is 4.13. The number of ether oxygens (including phenoxy) is 1. The molecule has 2 N–H and O–H groups in total. The molecule has 0 aromatic heterocycles. The molecule has 1 fully saturated rings. The van der Waals surface area contributed by atoms with Crippen molar-refractivity contribution in [3.63, 3.8) is 0 Å². The number of carbonyl (C=O) groups is 2. The van der Waals surface area contributed by atoms with E-state index in [0.717, 1.165) is 0 Å². The van der Waals surface area contributed by atoms with Crippen LogP contribution in [-0.4, -0.2) is 28.6 Å². The van der Waals surface area contributed by atoms with Crippen molar-refractivity contribution in [1.82, 2.24) is 5.32 Å². The molecular weight excluding hydrogens is 306 g/mol. The van der Waals surface area contributed by atoms with Crippen LogP contribution >= 0.6 is 11.6 Å². The standard InChI is InChI=1S/C16H20ClNO4/c1-16(2,22-13-7-4-11(17)5-8-13)15(21)18-12-6-3-10(9-12)14(19)20/h4-5,7-8,10,12H,3,6,9H2,1-2H3,(H,18,21)(H,19,20)/t10-,12+/m0/s1. The van der Waals surface area contributed by atoms with Gasteiger partial charge in [-0.3, -0.25) is 9.59 Å². The second-order valence-electron chi connectivity index (χ2n) is 6.08. The molecule has 2 atom stereocenters. The molecule has 0 heterocycles. The van der Waals surface area contributed by atoms with E-state index < -0.39 is 11.6 Å². The van der Waals surface area contributed by atoms with E-state index >= 15 is 0 Å². The molecule has 1 aliphatic rings. The highest BCUT2D eigenvalue weighted by molar-refractivity contribution is 6.30. The molecular formula is C16H20ClNO4. The first kappa shape index (κ1) is 16.6. The zero-order valence-electron chi connectivity index (χ0n) is 12.6. The number of amides is 1. The summed E-state index contributed by atoms with van der Waals surface area (Å²) in [6.45, 7) is 3.36. The maximum Gasteiger partial charge on any atom is 0.306 e. The molecule has 5 nitrogen and oxygen atoms in total. The fourth-order valence-electron chi connectivity index (χ4n) is 2.54. The molecule has 0 bridgehead atoms. The molecule has 0 radical (unpaired) electrons. The smallest absolute Gasteiger partial charge is 0.306 e. The lowest BCUT2D eigenvalue weighted by atomic mass is 10.1. The predicted molar refractivity (Wildman–Crippen MR) is 83.1 cm³/mol. The zero-order valence-corrected chi connectivity index (χ0v) is 13.4. The van der Waals surface area contributed by atoms with Gasteiger partial charge in [0.25, 0.3) is 5.91 Å². The molecule has 0 saturated heterocycles. The molecule has 1 aromatic rings. The van der Waals surface area contributed by atoms with E-state index in [1.54, 1.807) is 38.1 Å². The van der Waals surface area contributed by atoms with E-state index in [1.807, 2.05) is 0 Å². The van der Waals surface area contributed by atoms with Crippen molar-refractivity contribution >= 4 is 23.5 Å². The Morgan fingerprint density at radius 3 is 2.45 bits per heavy atom. The summed E-state index contributed by atoms with van der Waals surface area (Å²) in [5.41, 5.74) is -1.05. The maximum absolute atomic E-state index is 12.4. The van der Waals surface area contributed by atoms with Crippen LogP contribution in [0, 0.1) is 5.92 Å². The summed E-state index contributed by atoms with van der Waals surface area (Å²) < 4.78 is 5.72. The van der Waals surface area contributed by atoms with Crippen LogP contribution in [0.1, 0.15) is 33.1 Å². The van der Waals surface area contributed by atoms with Crippen molar-refractivity contribution < 1.29 is 19.4 Å². The third-order valence-electron chi connectivity index (χ3n) is 3.85. The minimum absolute atomic E-state index is 0.110. The summed E-state index contributed by atoms with van der Waals surface area (Å²) in [5.74, 6) is -0.864. The lowest BCUT2D eigenvalue weighted by Crippen LogP contribution is -2.49. The van der Waals surface area contributed by atoms with Gasteiger partial charge >= 0.3 is 5.97 Å². The lowest BCUT2D eigenvalue weighted by molar-refractivity contribution is -0.142. The summed E-state index contributed by atoms with van der Waals surface area (Å²) in [6, 6.07) is 6.68. The largest absolute Gasteiger partial charge is 0.481 e. The van der Waals surface area contributed by atoms with Crippen LogP contribution in [0.2, 0.25) is 5.02 Å². The Morgan fingerprint density at radius 1 is 1.27 bits per heavy atom. The number of rotatable bonds is 5. The molecule has 1 amide bonds. The molecule has 0 aliphatic heterocycles. The van der Waals surface area contributed by atoms with E-state index in [1.165, 1.54) is 0 Å². The van der Waals surface area contributed by atoms with Crippen LogP contribution in [-0.2, 0) is 9.59 Å². The Labute approximate surface area is 134 Å². The fraction of sp³-hybridized carbons (Fsp3) is 0.500. The van der Waals surface area contributed by atoms with Gasteiger partial charge in [0.1, 0.15) is 5.75 Å². The lowest BCUT2D eigenvalue weighted by Gasteiger charge is -2.27. The van der Waals surface area contributed by atoms with E-state index in [2.05, 4.69) is 5.32 Å². The topological polar surface area (TPSA) is 75.6 Å². The first-order chi connectivity index (χ1) is 10.3. The molecule has 120 valence electrons. The SMILES string of the molecule is CC(C)(Oc1ccc(Cl)cc1)C(=O)N[C@@H]1CC[C@H](C(=O)O)C1. The normalized spacial score (nSPS) is 21.4. The van der Waals surface area contributed by atoms with Crippen LogP contribution in [0.4, 0.5) is 0 Å². The number of halogens is 1. The van der Waals surface area contributed by atoms with Crippen LogP contribution in [0.15, 0.2) is 24.3 Å². The first-order valence-corrected chi connectivity index (χ1v) is 7.64. The first-order valence-electron chi connectivity index (χ1n) is 7.26. The average Bonchev–Trinajstić information content (AvgIpc) is 2.90. The van der Waals surface area contributed by atoms with Crippen molar-refractivity contribution in [2.75, 3.05) is 0 Å². The Bertz CT molecular complexity index is 556. The number of hydrogen-bond donors (Lipinski definition) is 2. The number of hydrogen-bond acceptors (Lipinski definition) is 3. The molecule has 0 spiro atoms. The summed E-state index contributed by atoms with van der Waals surface area (Å²) in [7, 11) is 0. The number of aliphatic carboxylic acids is 1. The highest BCUT2D eigenvalue weighted by Gasteiger charge is 2.35. The Kier molecular flexibility index (Phi) is 4.96. The van der Waals surface area contributed by atoms with Crippen molar-refractivity contribution in [1.29, 1.82) is 0 Å². The molecule has 0 unspecified atom stereocenters. The van der Waals surface area contributed by atoms with Gasteiger partial charge in [0.15, 0.2) is 5.60 Å². The molecule has 1 aliphatic carbocycles. The monoisotopic (exact) mass is 325 g/mol. The van der Waals surface area contributed by atoms with Gasteiger partial charge in [0.05, 0.1) is 5.92 Å². The quantitative estimate of drug-likeness (QED) is 0.872. The fourth-order valence-corrected chi connectivity index (χ4v) is 2.67. The van der Waals surface area contributed by atoms with Crippen molar-refractivity contribution in [3.8, 4) is 5.75 Å². The molecule has 1 saturated carbocycles. The summed E-state index contributed by atoms with van der Waals surface area (Å²) >= 11 is 5.82. The van der Waals surface area contributed by atoms with Gasteiger partial charge in [0, 0.05) is 11.1 Å². The van der Waals surface area contributed by atoms with E-state index in [9.17, 15) is 9.59 Å². The molecule has 1 aromatic carbocycles. The number of carboxylic acids is 1. The van der Waals surface area contributed by atoms with Crippen LogP contribution < -0.4 is 10.1 Å². The summed E-state index contributed by atoms with van der Waals surface area (Å²) in [4.78, 5) is 23.3. The Hall–Kier alpha value is -1.75. The Morgan fingerprint density at radius 2 is 1.91 bits per heavy atom. The van der Waals surface area contributed by atoms with Crippen molar-refractivity contribution in [2.45, 2.75) is 44.8 Å². The number of benzene rings is 1. The van der Waals surface area contributed by atoms with Gasteiger partial charge in [-0.25, -0.2) is 0 Å². The maximum atomic E-state index is 12.4. The van der Waals surface area contributed by atoms with Crippen LogP contribution in [0.25, 0.3) is 0 Å². The van der Waals surface area contributed by atoms with Gasteiger partial charge in [0.2, 0.25) is 0 Å². The van der Waals surface area contributed by atoms with E-state index in [-0.39, 0.29) is 17.9 Å². The minimum atomic E-state index is -1.05.